The molecule has 0 bridgehead atoms. The van der Waals surface area contributed by atoms with Crippen molar-refractivity contribution in [2.75, 3.05) is 19.0 Å². The normalized spacial score (nSPS) is 19.5. The molecule has 12 heavy (non-hydrogen) atoms. The van der Waals surface area contributed by atoms with Gasteiger partial charge >= 0.3 is 0 Å². The minimum absolute atomic E-state index is 0.678. The highest BCUT2D eigenvalue weighted by atomic mass is 32.1. The molecule has 1 atom stereocenters. The van der Waals surface area contributed by atoms with Gasteiger partial charge in [-0.1, -0.05) is 13.3 Å². The van der Waals surface area contributed by atoms with Crippen LogP contribution >= 0.6 is 12.6 Å². The lowest BCUT2D eigenvalue weighted by Gasteiger charge is -2.12. The first-order valence-electron chi connectivity index (χ1n) is 5.05. The zero-order chi connectivity index (χ0) is 8.81. The van der Waals surface area contributed by atoms with Crippen LogP contribution in [0.5, 0.6) is 0 Å². The predicted octanol–water partition coefficient (Wildman–Crippen LogP) is 2.76. The van der Waals surface area contributed by atoms with Gasteiger partial charge < -0.3 is 4.74 Å². The van der Waals surface area contributed by atoms with Crippen LogP contribution in [-0.4, -0.2) is 19.0 Å². The molecular formula is C10H20OS. The molecule has 0 saturated heterocycles. The Labute approximate surface area is 81.3 Å². The second-order valence-corrected chi connectivity index (χ2v) is 4.18. The number of thiol groups is 1. The first-order chi connectivity index (χ1) is 5.86. The Balaban J connectivity index is 1.93. The summed E-state index contributed by atoms with van der Waals surface area (Å²) in [5.41, 5.74) is 0. The summed E-state index contributed by atoms with van der Waals surface area (Å²) < 4.78 is 5.61. The lowest BCUT2D eigenvalue weighted by Crippen LogP contribution is -2.12. The Kier molecular flexibility index (Phi) is 5.08. The molecule has 1 fully saturated rings. The fourth-order valence-electron chi connectivity index (χ4n) is 1.32. The summed E-state index contributed by atoms with van der Waals surface area (Å²) in [4.78, 5) is 0. The van der Waals surface area contributed by atoms with Crippen LogP contribution in [0.4, 0.5) is 0 Å². The van der Waals surface area contributed by atoms with Crippen molar-refractivity contribution in [3.05, 3.63) is 0 Å². The zero-order valence-electron chi connectivity index (χ0n) is 7.96. The van der Waals surface area contributed by atoms with E-state index in [1.165, 1.54) is 25.7 Å². The predicted molar refractivity (Wildman–Crippen MR) is 55.8 cm³/mol. The van der Waals surface area contributed by atoms with E-state index in [4.69, 9.17) is 4.74 Å². The standard InChI is InChI=1S/C10H20OS/c1-2-3-10(8-12)7-11-6-9-4-5-9/h9-10,12H,2-8H2,1H3. The topological polar surface area (TPSA) is 9.23 Å². The fraction of sp³-hybridized carbons (Fsp3) is 1.00. The fourth-order valence-corrected chi connectivity index (χ4v) is 1.61. The van der Waals surface area contributed by atoms with Gasteiger partial charge in [0.2, 0.25) is 0 Å². The van der Waals surface area contributed by atoms with Gasteiger partial charge in [-0.2, -0.15) is 12.6 Å². The zero-order valence-corrected chi connectivity index (χ0v) is 8.85. The maximum absolute atomic E-state index is 5.61. The molecule has 1 rings (SSSR count). The molecule has 0 aliphatic heterocycles. The molecular weight excluding hydrogens is 168 g/mol. The van der Waals surface area contributed by atoms with Crippen molar-refractivity contribution in [1.82, 2.24) is 0 Å². The summed E-state index contributed by atoms with van der Waals surface area (Å²) in [7, 11) is 0. The van der Waals surface area contributed by atoms with Crippen LogP contribution in [0.25, 0.3) is 0 Å². The first-order valence-corrected chi connectivity index (χ1v) is 5.68. The van der Waals surface area contributed by atoms with Crippen molar-refractivity contribution in [1.29, 1.82) is 0 Å². The van der Waals surface area contributed by atoms with Crippen molar-refractivity contribution in [3.8, 4) is 0 Å². The van der Waals surface area contributed by atoms with Crippen LogP contribution < -0.4 is 0 Å². The Hall–Kier alpha value is 0.310. The number of hydrogen-bond donors (Lipinski definition) is 1. The molecule has 0 aromatic rings. The van der Waals surface area contributed by atoms with E-state index in [1.54, 1.807) is 0 Å². The molecule has 0 amide bonds. The van der Waals surface area contributed by atoms with Crippen LogP contribution in [0.3, 0.4) is 0 Å². The second kappa shape index (κ2) is 5.87. The molecule has 1 unspecified atom stereocenters. The number of ether oxygens (including phenoxy) is 1. The minimum atomic E-state index is 0.678. The van der Waals surface area contributed by atoms with E-state index in [0.29, 0.717) is 5.92 Å². The van der Waals surface area contributed by atoms with Gasteiger partial charge in [0.05, 0.1) is 6.61 Å². The highest BCUT2D eigenvalue weighted by molar-refractivity contribution is 7.80. The van der Waals surface area contributed by atoms with Crippen LogP contribution in [0, 0.1) is 11.8 Å². The van der Waals surface area contributed by atoms with Crippen molar-refractivity contribution < 1.29 is 4.74 Å². The lowest BCUT2D eigenvalue weighted by atomic mass is 10.1. The molecule has 0 N–H and O–H groups in total. The maximum atomic E-state index is 5.61. The summed E-state index contributed by atoms with van der Waals surface area (Å²) >= 11 is 4.31. The summed E-state index contributed by atoms with van der Waals surface area (Å²) in [6, 6.07) is 0. The SMILES string of the molecule is CCCC(CS)COCC1CC1. The van der Waals surface area contributed by atoms with Crippen LogP contribution in [0.15, 0.2) is 0 Å². The van der Waals surface area contributed by atoms with Gasteiger partial charge in [0, 0.05) is 6.61 Å². The van der Waals surface area contributed by atoms with E-state index >= 15 is 0 Å². The molecule has 1 saturated carbocycles. The molecule has 0 aromatic heterocycles. The third-order valence-electron chi connectivity index (χ3n) is 2.36. The lowest BCUT2D eigenvalue weighted by molar-refractivity contribution is 0.0949. The Morgan fingerprint density at radius 3 is 2.75 bits per heavy atom. The second-order valence-electron chi connectivity index (χ2n) is 3.82. The van der Waals surface area contributed by atoms with Gasteiger partial charge in [-0.25, -0.2) is 0 Å². The van der Waals surface area contributed by atoms with Crippen molar-refractivity contribution in [3.63, 3.8) is 0 Å². The Morgan fingerprint density at radius 2 is 2.25 bits per heavy atom. The summed E-state index contributed by atoms with van der Waals surface area (Å²) in [6.07, 6.45) is 5.28. The average molecular weight is 188 g/mol. The van der Waals surface area contributed by atoms with Gasteiger partial charge in [-0.05, 0) is 36.9 Å². The van der Waals surface area contributed by atoms with E-state index in [9.17, 15) is 0 Å². The van der Waals surface area contributed by atoms with Crippen molar-refractivity contribution in [2.45, 2.75) is 32.6 Å². The van der Waals surface area contributed by atoms with Crippen molar-refractivity contribution >= 4 is 12.6 Å². The van der Waals surface area contributed by atoms with E-state index in [2.05, 4.69) is 19.6 Å². The monoisotopic (exact) mass is 188 g/mol. The molecule has 1 nitrogen and oxygen atoms in total. The van der Waals surface area contributed by atoms with Gasteiger partial charge in [-0.3, -0.25) is 0 Å². The van der Waals surface area contributed by atoms with Gasteiger partial charge in [0.25, 0.3) is 0 Å². The first kappa shape index (κ1) is 10.4. The molecule has 72 valence electrons. The maximum Gasteiger partial charge on any atom is 0.0502 e. The molecule has 2 heteroatoms. The molecule has 0 radical (unpaired) electrons. The van der Waals surface area contributed by atoms with E-state index in [0.717, 1.165) is 24.9 Å². The quantitative estimate of drug-likeness (QED) is 0.604. The van der Waals surface area contributed by atoms with Crippen molar-refractivity contribution in [2.24, 2.45) is 11.8 Å². The third kappa shape index (κ3) is 4.36. The number of hydrogen-bond acceptors (Lipinski definition) is 2. The smallest absolute Gasteiger partial charge is 0.0502 e. The van der Waals surface area contributed by atoms with E-state index in [1.807, 2.05) is 0 Å². The summed E-state index contributed by atoms with van der Waals surface area (Å²) in [5.74, 6) is 2.54. The van der Waals surface area contributed by atoms with Crippen LogP contribution in [0.2, 0.25) is 0 Å². The van der Waals surface area contributed by atoms with Crippen LogP contribution in [0.1, 0.15) is 32.6 Å². The minimum Gasteiger partial charge on any atom is -0.381 e. The molecule has 1 aliphatic carbocycles. The Morgan fingerprint density at radius 1 is 1.50 bits per heavy atom. The van der Waals surface area contributed by atoms with E-state index in [-0.39, 0.29) is 0 Å². The Bertz CT molecular complexity index is 112. The average Bonchev–Trinajstić information content (AvgIpc) is 2.87. The molecule has 1 aliphatic rings. The molecule has 0 heterocycles. The van der Waals surface area contributed by atoms with E-state index < -0.39 is 0 Å². The number of rotatable bonds is 7. The highest BCUT2D eigenvalue weighted by Crippen LogP contribution is 2.29. The third-order valence-corrected chi connectivity index (χ3v) is 2.88. The van der Waals surface area contributed by atoms with Crippen LogP contribution in [-0.2, 0) is 4.74 Å². The van der Waals surface area contributed by atoms with Gasteiger partial charge in [-0.15, -0.1) is 0 Å². The molecule has 0 aromatic carbocycles. The summed E-state index contributed by atoms with van der Waals surface area (Å²) in [5, 5.41) is 0. The van der Waals surface area contributed by atoms with Gasteiger partial charge in [0.15, 0.2) is 0 Å². The molecule has 0 spiro atoms. The highest BCUT2D eigenvalue weighted by Gasteiger charge is 2.21. The van der Waals surface area contributed by atoms with Gasteiger partial charge in [0.1, 0.15) is 0 Å². The largest absolute Gasteiger partial charge is 0.381 e. The summed E-state index contributed by atoms with van der Waals surface area (Å²) in [6.45, 7) is 4.14.